The highest BCUT2D eigenvalue weighted by atomic mass is 35.5. The minimum absolute atomic E-state index is 0.183. The van der Waals surface area contributed by atoms with Gasteiger partial charge in [0.1, 0.15) is 11.8 Å². The van der Waals surface area contributed by atoms with Gasteiger partial charge in [-0.1, -0.05) is 23.7 Å². The van der Waals surface area contributed by atoms with Gasteiger partial charge in [0.2, 0.25) is 15.9 Å². The Kier molecular flexibility index (Phi) is 9.35. The number of nitrogens with one attached hydrogen (secondary N) is 2. The van der Waals surface area contributed by atoms with Crippen LogP contribution < -0.4 is 14.8 Å². The highest BCUT2D eigenvalue weighted by Crippen LogP contribution is 2.34. The number of hydrogen-bond donors (Lipinski definition) is 3. The van der Waals surface area contributed by atoms with E-state index in [1.54, 1.807) is 17.7 Å². The van der Waals surface area contributed by atoms with E-state index in [-0.39, 0.29) is 28.2 Å². The molecule has 13 heteroatoms. The number of hydrogen-bond acceptors (Lipinski definition) is 6. The lowest BCUT2D eigenvalue weighted by Crippen LogP contribution is -2.48. The van der Waals surface area contributed by atoms with Gasteiger partial charge in [0, 0.05) is 30.1 Å². The van der Waals surface area contributed by atoms with Gasteiger partial charge in [0.05, 0.1) is 30.1 Å². The lowest BCUT2D eigenvalue weighted by atomic mass is 9.98. The van der Waals surface area contributed by atoms with Crippen LogP contribution in [0.2, 0.25) is 5.02 Å². The van der Waals surface area contributed by atoms with Crippen LogP contribution in [0.5, 0.6) is 5.75 Å². The van der Waals surface area contributed by atoms with Crippen LogP contribution in [0.4, 0.5) is 13.2 Å². The number of sulfonamides is 1. The molecule has 220 valence electrons. The second kappa shape index (κ2) is 12.2. The number of β-amino-alcohol motifs (C(OH)–C–C–N with tert-alkyl or cyclic N) is 1. The van der Waals surface area contributed by atoms with E-state index < -0.39 is 40.6 Å². The summed E-state index contributed by atoms with van der Waals surface area (Å²) in [5, 5.41) is 12.8. The maximum atomic E-state index is 13.9. The van der Waals surface area contributed by atoms with Gasteiger partial charge in [-0.3, -0.25) is 9.69 Å². The molecule has 2 aromatic carbocycles. The molecule has 2 aliphatic rings. The number of benzene rings is 2. The molecule has 0 radical (unpaired) electrons. The minimum Gasteiger partial charge on any atom is -0.493 e. The third-order valence-electron chi connectivity index (χ3n) is 7.17. The zero-order chi connectivity index (χ0) is 29.2. The average Bonchev–Trinajstić information content (AvgIpc) is 2.85. The number of carbonyl (C=O) groups excluding carboxylic acids is 1. The van der Waals surface area contributed by atoms with Crippen LogP contribution in [-0.2, 0) is 21.4 Å². The van der Waals surface area contributed by atoms with E-state index in [9.17, 15) is 31.5 Å². The van der Waals surface area contributed by atoms with Crippen molar-refractivity contribution in [1.82, 2.24) is 14.9 Å². The number of rotatable bonds is 8. The number of piperidine rings is 1. The quantitative estimate of drug-likeness (QED) is 0.418. The Balaban J connectivity index is 1.45. The molecule has 3 atom stereocenters. The van der Waals surface area contributed by atoms with Crippen molar-refractivity contribution >= 4 is 27.5 Å². The molecule has 8 nitrogen and oxygen atoms in total. The second-order valence-electron chi connectivity index (χ2n) is 10.4. The highest BCUT2D eigenvalue weighted by molar-refractivity contribution is 7.89. The maximum Gasteiger partial charge on any atom is 0.405 e. The molecule has 0 aromatic heterocycles. The Morgan fingerprint density at radius 1 is 1.20 bits per heavy atom. The minimum atomic E-state index is -5.01. The van der Waals surface area contributed by atoms with Gasteiger partial charge in [0.15, 0.2) is 0 Å². The van der Waals surface area contributed by atoms with E-state index in [1.165, 1.54) is 19.1 Å². The number of ether oxygens (including phenoxy) is 1. The molecule has 0 saturated carbocycles. The van der Waals surface area contributed by atoms with Gasteiger partial charge in [-0.2, -0.15) is 17.9 Å². The second-order valence-corrected chi connectivity index (χ2v) is 12.5. The van der Waals surface area contributed by atoms with E-state index in [0.29, 0.717) is 36.4 Å². The van der Waals surface area contributed by atoms with E-state index in [1.807, 2.05) is 12.1 Å². The standard InChI is InChI=1S/C27H33ClF3N3O5S/c1-16-11-24(17(2)10-21(16)28)40(37,38)33-25(27(29,30)31)13-26(36)32-22-7-9-39-23-12-18(5-6-20(22)23)14-34-8-3-4-19(35)15-34/h5-6,10-12,19,22,25,33,35H,3-4,7-9,13-15H2,1-2H3,(H,32,36)/t19?,22-,25+/m1/s1. The summed E-state index contributed by atoms with van der Waals surface area (Å²) in [4.78, 5) is 14.6. The van der Waals surface area contributed by atoms with Crippen molar-refractivity contribution in [2.24, 2.45) is 0 Å². The molecule has 1 unspecified atom stereocenters. The Morgan fingerprint density at radius 3 is 2.65 bits per heavy atom. The van der Waals surface area contributed by atoms with Gasteiger partial charge in [-0.25, -0.2) is 8.42 Å². The average molecular weight is 604 g/mol. The van der Waals surface area contributed by atoms with Crippen LogP contribution in [0.25, 0.3) is 0 Å². The van der Waals surface area contributed by atoms with Gasteiger partial charge < -0.3 is 15.2 Å². The fourth-order valence-electron chi connectivity index (χ4n) is 5.07. The number of likely N-dealkylation sites (tertiary alicyclic amines) is 1. The number of aryl methyl sites for hydroxylation is 2. The number of aliphatic hydroxyl groups excluding tert-OH is 1. The largest absolute Gasteiger partial charge is 0.493 e. The molecular weight excluding hydrogens is 571 g/mol. The number of carbonyl (C=O) groups is 1. The monoisotopic (exact) mass is 603 g/mol. The summed E-state index contributed by atoms with van der Waals surface area (Å²) in [6, 6.07) is 4.85. The molecular formula is C27H33ClF3N3O5S. The Labute approximate surface area is 236 Å². The first-order valence-corrected chi connectivity index (χ1v) is 14.9. The third-order valence-corrected chi connectivity index (χ3v) is 9.19. The lowest BCUT2D eigenvalue weighted by molar-refractivity contribution is -0.158. The van der Waals surface area contributed by atoms with Gasteiger partial charge in [0.25, 0.3) is 0 Å². The molecule has 0 aliphatic carbocycles. The Bertz CT molecular complexity index is 1360. The number of fused-ring (bicyclic) bond motifs is 1. The van der Waals surface area contributed by atoms with Crippen LogP contribution in [-0.4, -0.2) is 62.3 Å². The van der Waals surface area contributed by atoms with Crippen LogP contribution >= 0.6 is 11.6 Å². The molecule has 2 aliphatic heterocycles. The van der Waals surface area contributed by atoms with E-state index in [2.05, 4.69) is 10.2 Å². The summed E-state index contributed by atoms with van der Waals surface area (Å²) in [5.41, 5.74) is 2.17. The zero-order valence-electron chi connectivity index (χ0n) is 22.2. The first kappa shape index (κ1) is 30.6. The molecule has 4 rings (SSSR count). The summed E-state index contributed by atoms with van der Waals surface area (Å²) in [5.74, 6) is -0.411. The summed E-state index contributed by atoms with van der Waals surface area (Å²) in [6.07, 6.45) is -4.46. The lowest BCUT2D eigenvalue weighted by Gasteiger charge is -2.31. The van der Waals surface area contributed by atoms with Crippen molar-refractivity contribution in [2.45, 2.75) is 75.3 Å². The van der Waals surface area contributed by atoms with Crippen molar-refractivity contribution in [2.75, 3.05) is 19.7 Å². The number of amides is 1. The van der Waals surface area contributed by atoms with Gasteiger partial charge >= 0.3 is 6.18 Å². The molecule has 2 aromatic rings. The SMILES string of the molecule is Cc1cc(S(=O)(=O)N[C@@H](CC(=O)N[C@@H]2CCOc3cc(CN4CCCC(O)C4)ccc32)C(F)(F)F)c(C)cc1Cl. The first-order valence-electron chi connectivity index (χ1n) is 13.0. The van der Waals surface area contributed by atoms with E-state index in [0.717, 1.165) is 24.9 Å². The molecule has 1 saturated heterocycles. The highest BCUT2D eigenvalue weighted by Gasteiger charge is 2.44. The summed E-state index contributed by atoms with van der Waals surface area (Å²) in [6.45, 7) is 5.30. The molecule has 1 amide bonds. The number of alkyl halides is 3. The fourth-order valence-corrected chi connectivity index (χ4v) is 6.82. The predicted octanol–water partition coefficient (Wildman–Crippen LogP) is 4.15. The van der Waals surface area contributed by atoms with Crippen LogP contribution in [0, 0.1) is 13.8 Å². The zero-order valence-corrected chi connectivity index (χ0v) is 23.8. The van der Waals surface area contributed by atoms with Crippen molar-refractivity contribution < 1.29 is 36.2 Å². The topological polar surface area (TPSA) is 108 Å². The smallest absolute Gasteiger partial charge is 0.405 e. The van der Waals surface area contributed by atoms with E-state index in [4.69, 9.17) is 16.3 Å². The molecule has 0 spiro atoms. The van der Waals surface area contributed by atoms with Crippen molar-refractivity contribution in [3.63, 3.8) is 0 Å². The fraction of sp³-hybridized carbons (Fsp3) is 0.519. The summed E-state index contributed by atoms with van der Waals surface area (Å²) >= 11 is 6.00. The third kappa shape index (κ3) is 7.47. The number of halogens is 4. The summed E-state index contributed by atoms with van der Waals surface area (Å²) in [7, 11) is -4.61. The Hall–Kier alpha value is -2.38. The number of nitrogens with zero attached hydrogens (tertiary/aromatic N) is 1. The van der Waals surface area contributed by atoms with Crippen molar-refractivity contribution in [3.05, 3.63) is 57.6 Å². The molecule has 1 fully saturated rings. The maximum absolute atomic E-state index is 13.9. The molecule has 3 N–H and O–H groups in total. The number of aliphatic hydroxyl groups is 1. The summed E-state index contributed by atoms with van der Waals surface area (Å²) < 4.78 is 74.8. The van der Waals surface area contributed by atoms with Crippen LogP contribution in [0.3, 0.4) is 0 Å². The predicted molar refractivity (Wildman–Crippen MR) is 144 cm³/mol. The van der Waals surface area contributed by atoms with Crippen molar-refractivity contribution in [3.8, 4) is 5.75 Å². The molecule has 40 heavy (non-hydrogen) atoms. The van der Waals surface area contributed by atoms with Gasteiger partial charge in [-0.15, -0.1) is 0 Å². The normalized spacial score (nSPS) is 20.9. The van der Waals surface area contributed by atoms with Crippen molar-refractivity contribution in [1.29, 1.82) is 0 Å². The van der Waals surface area contributed by atoms with Gasteiger partial charge in [-0.05, 0) is 68.1 Å². The Morgan fingerprint density at radius 2 is 1.95 bits per heavy atom. The molecule has 0 bridgehead atoms. The van der Waals surface area contributed by atoms with Crippen LogP contribution in [0.15, 0.2) is 35.2 Å². The first-order chi connectivity index (χ1) is 18.7. The molecule has 2 heterocycles. The van der Waals surface area contributed by atoms with E-state index >= 15 is 0 Å². The van der Waals surface area contributed by atoms with Crippen LogP contribution in [0.1, 0.15) is 54.0 Å².